The lowest BCUT2D eigenvalue weighted by molar-refractivity contribution is -0.132. The van der Waals surface area contributed by atoms with Gasteiger partial charge in [-0.15, -0.1) is 0 Å². The first kappa shape index (κ1) is 15.0. The van der Waals surface area contributed by atoms with Gasteiger partial charge in [0.25, 0.3) is 5.91 Å². The monoisotopic (exact) mass is 302 g/mol. The first-order chi connectivity index (χ1) is 10.7. The van der Waals surface area contributed by atoms with E-state index in [1.54, 1.807) is 6.07 Å². The third kappa shape index (κ3) is 2.99. The highest BCUT2D eigenvalue weighted by atomic mass is 16.5. The van der Waals surface area contributed by atoms with Crippen LogP contribution < -0.4 is 5.32 Å². The Balaban J connectivity index is 1.63. The molecule has 0 bridgehead atoms. The van der Waals surface area contributed by atoms with E-state index in [9.17, 15) is 9.59 Å². The number of amides is 2. The quantitative estimate of drug-likeness (QED) is 0.920. The van der Waals surface area contributed by atoms with E-state index in [-0.39, 0.29) is 17.9 Å². The van der Waals surface area contributed by atoms with Crippen molar-refractivity contribution in [3.05, 3.63) is 35.4 Å². The lowest BCUT2D eigenvalue weighted by Crippen LogP contribution is -2.46. The number of benzene rings is 1. The summed E-state index contributed by atoms with van der Waals surface area (Å²) < 4.78 is 5.35. The minimum absolute atomic E-state index is 0.0498. The second kappa shape index (κ2) is 6.48. The molecule has 3 rings (SSSR count). The average Bonchev–Trinajstić information content (AvgIpc) is 2.89. The van der Waals surface area contributed by atoms with Gasteiger partial charge in [-0.2, -0.15) is 0 Å². The van der Waals surface area contributed by atoms with Crippen LogP contribution in [0.4, 0.5) is 0 Å². The number of rotatable bonds is 3. The number of carbonyl (C=O) groups excluding carboxylic acids is 2. The molecule has 5 heteroatoms. The summed E-state index contributed by atoms with van der Waals surface area (Å²) in [6, 6.07) is 7.31. The average molecular weight is 302 g/mol. The minimum Gasteiger partial charge on any atom is -0.381 e. The van der Waals surface area contributed by atoms with Gasteiger partial charge in [0.05, 0.1) is 0 Å². The lowest BCUT2D eigenvalue weighted by Gasteiger charge is -2.31. The molecule has 118 valence electrons. The molecule has 2 aliphatic heterocycles. The SMILES string of the molecule is Cc1ccccc1C(=O)NC1CCN(C2CCOCC2)C1=O. The van der Waals surface area contributed by atoms with Gasteiger partial charge in [-0.1, -0.05) is 18.2 Å². The van der Waals surface area contributed by atoms with E-state index in [2.05, 4.69) is 5.32 Å². The summed E-state index contributed by atoms with van der Waals surface area (Å²) >= 11 is 0. The number of hydrogen-bond acceptors (Lipinski definition) is 3. The van der Waals surface area contributed by atoms with Crippen LogP contribution in [0.5, 0.6) is 0 Å². The Hall–Kier alpha value is -1.88. The standard InChI is InChI=1S/C17H22N2O3/c1-12-4-2-3-5-14(12)16(20)18-15-6-9-19(17(15)21)13-7-10-22-11-8-13/h2-5,13,15H,6-11H2,1H3,(H,18,20). The van der Waals surface area contributed by atoms with E-state index in [1.807, 2.05) is 30.0 Å². The molecule has 1 atom stereocenters. The third-order valence-electron chi connectivity index (χ3n) is 4.57. The maximum atomic E-state index is 12.5. The molecule has 0 spiro atoms. The van der Waals surface area contributed by atoms with Crippen molar-refractivity contribution in [1.82, 2.24) is 10.2 Å². The van der Waals surface area contributed by atoms with E-state index in [1.165, 1.54) is 0 Å². The molecular formula is C17H22N2O3. The van der Waals surface area contributed by atoms with Crippen LogP contribution in [0.1, 0.15) is 35.2 Å². The molecule has 0 radical (unpaired) electrons. The van der Waals surface area contributed by atoms with Crippen LogP contribution in [0, 0.1) is 6.92 Å². The predicted molar refractivity (Wildman–Crippen MR) is 82.6 cm³/mol. The van der Waals surface area contributed by atoms with Gasteiger partial charge in [-0.25, -0.2) is 0 Å². The van der Waals surface area contributed by atoms with Crippen molar-refractivity contribution in [3.63, 3.8) is 0 Å². The Morgan fingerprint density at radius 1 is 1.23 bits per heavy atom. The molecule has 1 aromatic rings. The van der Waals surface area contributed by atoms with Crippen molar-refractivity contribution < 1.29 is 14.3 Å². The molecule has 0 aliphatic carbocycles. The molecule has 2 fully saturated rings. The number of carbonyl (C=O) groups is 2. The van der Waals surface area contributed by atoms with Gasteiger partial charge in [-0.3, -0.25) is 9.59 Å². The van der Waals surface area contributed by atoms with E-state index in [0.29, 0.717) is 25.2 Å². The molecule has 1 unspecified atom stereocenters. The Kier molecular flexibility index (Phi) is 4.43. The fraction of sp³-hybridized carbons (Fsp3) is 0.529. The summed E-state index contributed by atoms with van der Waals surface area (Å²) in [5.41, 5.74) is 1.56. The number of aryl methyl sites for hydroxylation is 1. The highest BCUT2D eigenvalue weighted by Gasteiger charge is 2.37. The van der Waals surface area contributed by atoms with Crippen molar-refractivity contribution in [1.29, 1.82) is 0 Å². The summed E-state index contributed by atoms with van der Waals surface area (Å²) in [6.45, 7) is 4.06. The maximum absolute atomic E-state index is 12.5. The van der Waals surface area contributed by atoms with E-state index >= 15 is 0 Å². The number of hydrogen-bond donors (Lipinski definition) is 1. The van der Waals surface area contributed by atoms with Crippen LogP contribution in [0.15, 0.2) is 24.3 Å². The molecule has 22 heavy (non-hydrogen) atoms. The van der Waals surface area contributed by atoms with E-state index in [4.69, 9.17) is 4.74 Å². The molecule has 2 saturated heterocycles. The maximum Gasteiger partial charge on any atom is 0.252 e. The number of ether oxygens (including phenoxy) is 1. The summed E-state index contributed by atoms with van der Waals surface area (Å²) in [4.78, 5) is 26.8. The fourth-order valence-corrected chi connectivity index (χ4v) is 3.26. The van der Waals surface area contributed by atoms with E-state index < -0.39 is 6.04 Å². The molecule has 0 aromatic heterocycles. The lowest BCUT2D eigenvalue weighted by atomic mass is 10.1. The third-order valence-corrected chi connectivity index (χ3v) is 4.57. The van der Waals surface area contributed by atoms with Crippen molar-refractivity contribution in [2.45, 2.75) is 38.3 Å². The molecule has 2 heterocycles. The van der Waals surface area contributed by atoms with Crippen molar-refractivity contribution in [2.24, 2.45) is 0 Å². The summed E-state index contributed by atoms with van der Waals surface area (Å²) in [7, 11) is 0. The van der Waals surface area contributed by atoms with Gasteiger partial charge in [0.1, 0.15) is 6.04 Å². The molecular weight excluding hydrogens is 280 g/mol. The summed E-state index contributed by atoms with van der Waals surface area (Å²) in [5.74, 6) is -0.112. The van der Waals surface area contributed by atoms with Gasteiger partial charge in [0, 0.05) is 31.4 Å². The summed E-state index contributed by atoms with van der Waals surface area (Å²) in [5, 5.41) is 2.89. The Labute approximate surface area is 130 Å². The second-order valence-electron chi connectivity index (χ2n) is 6.00. The van der Waals surface area contributed by atoms with Gasteiger partial charge in [0.2, 0.25) is 5.91 Å². The minimum atomic E-state index is -0.394. The van der Waals surface area contributed by atoms with E-state index in [0.717, 1.165) is 24.9 Å². The number of nitrogens with one attached hydrogen (secondary N) is 1. The number of nitrogens with zero attached hydrogens (tertiary/aromatic N) is 1. The Morgan fingerprint density at radius 3 is 2.68 bits per heavy atom. The van der Waals surface area contributed by atoms with Crippen LogP contribution in [0.3, 0.4) is 0 Å². The van der Waals surface area contributed by atoms with Gasteiger partial charge >= 0.3 is 0 Å². The molecule has 0 saturated carbocycles. The van der Waals surface area contributed by atoms with Gasteiger partial charge in [-0.05, 0) is 37.8 Å². The largest absolute Gasteiger partial charge is 0.381 e. The van der Waals surface area contributed by atoms with Crippen LogP contribution in [0.25, 0.3) is 0 Å². The molecule has 2 aliphatic rings. The first-order valence-corrected chi connectivity index (χ1v) is 7.91. The highest BCUT2D eigenvalue weighted by molar-refractivity contribution is 5.99. The smallest absolute Gasteiger partial charge is 0.252 e. The zero-order valence-corrected chi connectivity index (χ0v) is 12.9. The molecule has 5 nitrogen and oxygen atoms in total. The van der Waals surface area contributed by atoms with Gasteiger partial charge in [0.15, 0.2) is 0 Å². The first-order valence-electron chi connectivity index (χ1n) is 7.91. The number of likely N-dealkylation sites (tertiary alicyclic amines) is 1. The van der Waals surface area contributed by atoms with Crippen molar-refractivity contribution >= 4 is 11.8 Å². The molecule has 1 aromatic carbocycles. The normalized spacial score (nSPS) is 22.9. The fourth-order valence-electron chi connectivity index (χ4n) is 3.26. The van der Waals surface area contributed by atoms with Crippen molar-refractivity contribution in [2.75, 3.05) is 19.8 Å². The van der Waals surface area contributed by atoms with Crippen LogP contribution in [-0.4, -0.2) is 48.6 Å². The topological polar surface area (TPSA) is 58.6 Å². The van der Waals surface area contributed by atoms with Crippen LogP contribution >= 0.6 is 0 Å². The molecule has 2 amide bonds. The van der Waals surface area contributed by atoms with Crippen molar-refractivity contribution in [3.8, 4) is 0 Å². The Morgan fingerprint density at radius 2 is 1.95 bits per heavy atom. The second-order valence-corrected chi connectivity index (χ2v) is 6.00. The van der Waals surface area contributed by atoms with Crippen LogP contribution in [-0.2, 0) is 9.53 Å². The zero-order valence-electron chi connectivity index (χ0n) is 12.9. The highest BCUT2D eigenvalue weighted by Crippen LogP contribution is 2.21. The molecule has 1 N–H and O–H groups in total. The Bertz CT molecular complexity index is 567. The zero-order chi connectivity index (χ0) is 15.5. The predicted octanol–water partition coefficient (Wildman–Crippen LogP) is 1.50. The van der Waals surface area contributed by atoms with Gasteiger partial charge < -0.3 is 15.0 Å². The summed E-state index contributed by atoms with van der Waals surface area (Å²) in [6.07, 6.45) is 2.47. The van der Waals surface area contributed by atoms with Crippen LogP contribution in [0.2, 0.25) is 0 Å².